The molecule has 0 saturated heterocycles. The smallest absolute Gasteiger partial charge is 0.240 e. The number of carbonyl (C=O) groups is 1. The van der Waals surface area contributed by atoms with E-state index in [-0.39, 0.29) is 5.91 Å². The van der Waals surface area contributed by atoms with Gasteiger partial charge in [0.1, 0.15) is 13.9 Å². The van der Waals surface area contributed by atoms with E-state index < -0.39 is 0 Å². The highest BCUT2D eigenvalue weighted by Gasteiger charge is 2.07. The van der Waals surface area contributed by atoms with Gasteiger partial charge >= 0.3 is 0 Å². The van der Waals surface area contributed by atoms with Crippen molar-refractivity contribution in [1.82, 2.24) is 14.9 Å². The van der Waals surface area contributed by atoms with Crippen LogP contribution in [0, 0.1) is 7.40 Å². The number of rotatable bonds is 3. The summed E-state index contributed by atoms with van der Waals surface area (Å²) < 4.78 is 3.76. The third-order valence-corrected chi connectivity index (χ3v) is 4.37. The van der Waals surface area contributed by atoms with E-state index in [4.69, 9.17) is 0 Å². The predicted molar refractivity (Wildman–Crippen MR) is 66.3 cm³/mol. The quantitative estimate of drug-likeness (QED) is 0.770. The lowest BCUT2D eigenvalue weighted by molar-refractivity contribution is -0.121. The maximum absolute atomic E-state index is 11.2. The first-order chi connectivity index (χ1) is 6.15. The number of hydrogen-bond acceptors (Lipinski definition) is 2. The van der Waals surface area contributed by atoms with E-state index >= 15 is 0 Å². The van der Waals surface area contributed by atoms with Gasteiger partial charge in [-0.25, -0.2) is 4.98 Å². The maximum Gasteiger partial charge on any atom is 0.240 e. The zero-order valence-electron chi connectivity index (χ0n) is 7.05. The Balaban J connectivity index is 2.64. The van der Waals surface area contributed by atoms with E-state index in [1.165, 1.54) is 0 Å². The Bertz CT molecular complexity index is 311. The molecule has 0 fully saturated rings. The number of nitrogens with one attached hydrogen (secondary N) is 1. The van der Waals surface area contributed by atoms with Gasteiger partial charge in [-0.05, 0) is 52.1 Å². The lowest BCUT2D eigenvalue weighted by Gasteiger charge is -2.03. The van der Waals surface area contributed by atoms with Gasteiger partial charge in [0.15, 0.2) is 0 Å². The van der Waals surface area contributed by atoms with Crippen LogP contribution in [0.25, 0.3) is 0 Å². The van der Waals surface area contributed by atoms with Crippen LogP contribution in [-0.2, 0) is 11.3 Å². The Morgan fingerprint density at radius 1 is 1.69 bits per heavy atom. The molecule has 13 heavy (non-hydrogen) atoms. The van der Waals surface area contributed by atoms with Crippen LogP contribution in [0.3, 0.4) is 0 Å². The topological polar surface area (TPSA) is 46.9 Å². The molecule has 1 aromatic heterocycles. The standard InChI is InChI=1S/C7H9I2N3O/c1-2-10-5(13)3-12-4-11-6(8)7(12)9/h4H,2-3H2,1H3,(H,10,13). The third kappa shape index (κ3) is 3.08. The number of hydrogen-bond donors (Lipinski definition) is 1. The van der Waals surface area contributed by atoms with Crippen LogP contribution in [0.5, 0.6) is 0 Å². The molecule has 0 aliphatic rings. The molecule has 0 saturated carbocycles. The first-order valence-corrected chi connectivity index (χ1v) is 5.93. The number of likely N-dealkylation sites (N-methyl/N-ethyl adjacent to an activating group) is 1. The molecule has 0 spiro atoms. The highest BCUT2D eigenvalue weighted by molar-refractivity contribution is 14.1. The second-order valence-corrected chi connectivity index (χ2v) is 4.45. The molecule has 1 amide bonds. The van der Waals surface area contributed by atoms with Gasteiger partial charge in [0.05, 0.1) is 6.33 Å². The largest absolute Gasteiger partial charge is 0.355 e. The van der Waals surface area contributed by atoms with Gasteiger partial charge in [-0.2, -0.15) is 0 Å². The van der Waals surface area contributed by atoms with Crippen molar-refractivity contribution in [3.8, 4) is 0 Å². The van der Waals surface area contributed by atoms with Crippen molar-refractivity contribution < 1.29 is 4.79 Å². The summed E-state index contributed by atoms with van der Waals surface area (Å²) in [5, 5.41) is 2.74. The minimum absolute atomic E-state index is 0.0224. The summed E-state index contributed by atoms with van der Waals surface area (Å²) in [5.41, 5.74) is 0. The molecule has 4 nitrogen and oxygen atoms in total. The molecule has 0 atom stereocenters. The zero-order valence-corrected chi connectivity index (χ0v) is 11.4. The molecule has 0 aliphatic heterocycles. The molecule has 1 N–H and O–H groups in total. The number of aromatic nitrogens is 2. The van der Waals surface area contributed by atoms with Crippen LogP contribution in [0.4, 0.5) is 0 Å². The summed E-state index contributed by atoms with van der Waals surface area (Å²) in [6.07, 6.45) is 1.68. The van der Waals surface area contributed by atoms with E-state index in [2.05, 4.69) is 55.5 Å². The van der Waals surface area contributed by atoms with Crippen molar-refractivity contribution in [2.24, 2.45) is 0 Å². The van der Waals surface area contributed by atoms with E-state index in [1.54, 1.807) is 6.33 Å². The second-order valence-electron chi connectivity index (χ2n) is 2.41. The Labute approximate surface area is 104 Å². The zero-order chi connectivity index (χ0) is 9.84. The van der Waals surface area contributed by atoms with E-state index in [9.17, 15) is 4.79 Å². The molecule has 0 bridgehead atoms. The molecule has 1 heterocycles. The molecule has 6 heteroatoms. The average molecular weight is 405 g/mol. The van der Waals surface area contributed by atoms with Crippen LogP contribution >= 0.6 is 45.2 Å². The summed E-state index contributed by atoms with van der Waals surface area (Å²) in [4.78, 5) is 15.3. The van der Waals surface area contributed by atoms with Gasteiger partial charge in [0.2, 0.25) is 5.91 Å². The molecule has 0 unspecified atom stereocenters. The molecule has 0 aliphatic carbocycles. The molecule has 72 valence electrons. The summed E-state index contributed by atoms with van der Waals surface area (Å²) in [5.74, 6) is 0.0224. The van der Waals surface area contributed by atoms with Crippen molar-refractivity contribution in [2.75, 3.05) is 6.54 Å². The van der Waals surface area contributed by atoms with Gasteiger partial charge in [-0.3, -0.25) is 4.79 Å². The Hall–Kier alpha value is 0.140. The lowest BCUT2D eigenvalue weighted by atomic mass is 10.5. The van der Waals surface area contributed by atoms with Crippen LogP contribution in [0.1, 0.15) is 6.92 Å². The maximum atomic E-state index is 11.2. The first-order valence-electron chi connectivity index (χ1n) is 3.78. The molecule has 1 rings (SSSR count). The average Bonchev–Trinajstić information content (AvgIpc) is 2.37. The fraction of sp³-hybridized carbons (Fsp3) is 0.429. The molecular formula is C7H9I2N3O. The molecule has 0 aromatic carbocycles. The Morgan fingerprint density at radius 2 is 2.38 bits per heavy atom. The number of halogens is 2. The Kier molecular flexibility index (Phi) is 4.42. The number of carbonyl (C=O) groups excluding carboxylic acids is 1. The Morgan fingerprint density at radius 3 is 2.85 bits per heavy atom. The minimum atomic E-state index is 0.0224. The number of nitrogens with zero attached hydrogens (tertiary/aromatic N) is 2. The first kappa shape index (κ1) is 11.2. The van der Waals surface area contributed by atoms with Crippen molar-refractivity contribution >= 4 is 51.1 Å². The van der Waals surface area contributed by atoms with Crippen LogP contribution in [0.15, 0.2) is 6.33 Å². The number of imidazole rings is 1. The van der Waals surface area contributed by atoms with Gasteiger partial charge in [0.25, 0.3) is 0 Å². The van der Waals surface area contributed by atoms with Crippen molar-refractivity contribution in [3.05, 3.63) is 13.7 Å². The third-order valence-electron chi connectivity index (χ3n) is 1.42. The fourth-order valence-electron chi connectivity index (χ4n) is 0.861. The van der Waals surface area contributed by atoms with Gasteiger partial charge < -0.3 is 9.88 Å². The van der Waals surface area contributed by atoms with Crippen LogP contribution < -0.4 is 5.32 Å². The molecule has 1 aromatic rings. The number of amides is 1. The van der Waals surface area contributed by atoms with E-state index in [1.807, 2.05) is 11.5 Å². The highest BCUT2D eigenvalue weighted by atomic mass is 127. The molecule has 0 radical (unpaired) electrons. The monoisotopic (exact) mass is 405 g/mol. The highest BCUT2D eigenvalue weighted by Crippen LogP contribution is 2.12. The molecular weight excluding hydrogens is 396 g/mol. The van der Waals surface area contributed by atoms with Crippen molar-refractivity contribution in [3.63, 3.8) is 0 Å². The van der Waals surface area contributed by atoms with Crippen LogP contribution in [-0.4, -0.2) is 22.0 Å². The fourth-order valence-corrected chi connectivity index (χ4v) is 1.73. The van der Waals surface area contributed by atoms with Crippen molar-refractivity contribution in [1.29, 1.82) is 0 Å². The van der Waals surface area contributed by atoms with Gasteiger partial charge in [-0.1, -0.05) is 0 Å². The van der Waals surface area contributed by atoms with Gasteiger partial charge in [-0.15, -0.1) is 0 Å². The summed E-state index contributed by atoms with van der Waals surface area (Å²) in [7, 11) is 0. The summed E-state index contributed by atoms with van der Waals surface area (Å²) in [6, 6.07) is 0. The van der Waals surface area contributed by atoms with E-state index in [0.717, 1.165) is 7.40 Å². The van der Waals surface area contributed by atoms with Crippen molar-refractivity contribution in [2.45, 2.75) is 13.5 Å². The predicted octanol–water partition coefficient (Wildman–Crippen LogP) is 1.23. The lowest BCUT2D eigenvalue weighted by Crippen LogP contribution is -2.27. The van der Waals surface area contributed by atoms with Gasteiger partial charge in [0, 0.05) is 6.54 Å². The SMILES string of the molecule is CCNC(=O)Cn1cnc(I)c1I. The normalized spacial score (nSPS) is 10.1. The second kappa shape index (κ2) is 5.13. The van der Waals surface area contributed by atoms with E-state index in [0.29, 0.717) is 13.1 Å². The minimum Gasteiger partial charge on any atom is -0.355 e. The van der Waals surface area contributed by atoms with Crippen LogP contribution in [0.2, 0.25) is 0 Å². The summed E-state index contributed by atoms with van der Waals surface area (Å²) in [6.45, 7) is 2.92. The summed E-state index contributed by atoms with van der Waals surface area (Å²) >= 11 is 4.32.